The van der Waals surface area contributed by atoms with Gasteiger partial charge in [-0.05, 0) is 5.56 Å². The molecule has 1 aromatic heterocycles. The van der Waals surface area contributed by atoms with E-state index in [-0.39, 0.29) is 13.2 Å². The summed E-state index contributed by atoms with van der Waals surface area (Å²) in [5, 5.41) is 16.3. The minimum Gasteiger partial charge on any atom is -0.445 e. The largest absolute Gasteiger partial charge is 0.445 e. The fourth-order valence-corrected chi connectivity index (χ4v) is 1.68. The fourth-order valence-electron chi connectivity index (χ4n) is 1.68. The summed E-state index contributed by atoms with van der Waals surface area (Å²) in [7, 11) is 1.76. The molecule has 0 aliphatic heterocycles. The molecule has 6 heteroatoms. The van der Waals surface area contributed by atoms with Crippen molar-refractivity contribution in [3.8, 4) is 0 Å². The van der Waals surface area contributed by atoms with Gasteiger partial charge in [-0.15, -0.1) is 0 Å². The van der Waals surface area contributed by atoms with E-state index >= 15 is 0 Å². The molecule has 106 valence electrons. The Morgan fingerprint density at radius 3 is 2.85 bits per heavy atom. The standard InChI is InChI=1S/C14H17N3O3/c1-17-9-12(7-16-17)13(18)8-15-14(19)20-10-11-5-3-2-4-6-11/h2-7,9,13,18H,8,10H2,1H3,(H,15,19). The number of aliphatic hydroxyl groups excluding tert-OH is 1. The van der Waals surface area contributed by atoms with Crippen LogP contribution in [-0.2, 0) is 18.4 Å². The molecule has 0 saturated heterocycles. The first kappa shape index (κ1) is 14.1. The van der Waals surface area contributed by atoms with Crippen molar-refractivity contribution < 1.29 is 14.6 Å². The van der Waals surface area contributed by atoms with Crippen molar-refractivity contribution in [2.75, 3.05) is 6.54 Å². The number of aryl methyl sites for hydroxylation is 1. The number of ether oxygens (including phenoxy) is 1. The van der Waals surface area contributed by atoms with Gasteiger partial charge in [0.15, 0.2) is 0 Å². The van der Waals surface area contributed by atoms with E-state index in [2.05, 4.69) is 10.4 Å². The molecule has 1 amide bonds. The summed E-state index contributed by atoms with van der Waals surface area (Å²) in [4.78, 5) is 11.5. The number of amides is 1. The van der Waals surface area contributed by atoms with Gasteiger partial charge in [-0.2, -0.15) is 5.10 Å². The molecule has 20 heavy (non-hydrogen) atoms. The number of nitrogens with zero attached hydrogens (tertiary/aromatic N) is 2. The van der Waals surface area contributed by atoms with Crippen LogP contribution in [0.2, 0.25) is 0 Å². The third kappa shape index (κ3) is 4.10. The SMILES string of the molecule is Cn1cc(C(O)CNC(=O)OCc2ccccc2)cn1. The monoisotopic (exact) mass is 275 g/mol. The third-order valence-corrected chi connectivity index (χ3v) is 2.76. The van der Waals surface area contributed by atoms with Crippen LogP contribution in [0.15, 0.2) is 42.7 Å². The number of carbonyl (C=O) groups is 1. The Labute approximate surface area is 117 Å². The van der Waals surface area contributed by atoms with Crippen molar-refractivity contribution in [2.45, 2.75) is 12.7 Å². The summed E-state index contributed by atoms with van der Waals surface area (Å²) in [5.41, 5.74) is 1.56. The number of aromatic nitrogens is 2. The highest BCUT2D eigenvalue weighted by atomic mass is 16.5. The van der Waals surface area contributed by atoms with Crippen molar-refractivity contribution in [1.82, 2.24) is 15.1 Å². The number of rotatable bonds is 5. The highest BCUT2D eigenvalue weighted by molar-refractivity contribution is 5.67. The first-order chi connectivity index (χ1) is 9.65. The summed E-state index contributed by atoms with van der Waals surface area (Å²) in [5.74, 6) is 0. The predicted octanol–water partition coefficient (Wildman–Crippen LogP) is 1.38. The van der Waals surface area contributed by atoms with Crippen molar-refractivity contribution in [2.24, 2.45) is 7.05 Å². The zero-order valence-electron chi connectivity index (χ0n) is 11.2. The van der Waals surface area contributed by atoms with Crippen LogP contribution in [0.1, 0.15) is 17.2 Å². The van der Waals surface area contributed by atoms with Crippen LogP contribution in [0.4, 0.5) is 4.79 Å². The van der Waals surface area contributed by atoms with Gasteiger partial charge in [0, 0.05) is 18.8 Å². The molecule has 2 rings (SSSR count). The molecule has 0 saturated carbocycles. The van der Waals surface area contributed by atoms with Crippen LogP contribution >= 0.6 is 0 Å². The summed E-state index contributed by atoms with van der Waals surface area (Å²) < 4.78 is 6.63. The molecule has 0 spiro atoms. The predicted molar refractivity (Wildman–Crippen MR) is 72.8 cm³/mol. The molecule has 1 heterocycles. The Morgan fingerprint density at radius 1 is 1.45 bits per heavy atom. The minimum absolute atomic E-state index is 0.0827. The van der Waals surface area contributed by atoms with Gasteiger partial charge in [0.2, 0.25) is 0 Å². The molecule has 6 nitrogen and oxygen atoms in total. The fraction of sp³-hybridized carbons (Fsp3) is 0.286. The van der Waals surface area contributed by atoms with Gasteiger partial charge in [0.1, 0.15) is 6.61 Å². The van der Waals surface area contributed by atoms with Crippen LogP contribution in [0.3, 0.4) is 0 Å². The van der Waals surface area contributed by atoms with E-state index in [1.807, 2.05) is 30.3 Å². The number of nitrogens with one attached hydrogen (secondary N) is 1. The molecular formula is C14H17N3O3. The van der Waals surface area contributed by atoms with Gasteiger partial charge in [0.25, 0.3) is 0 Å². The van der Waals surface area contributed by atoms with E-state index in [0.29, 0.717) is 5.56 Å². The van der Waals surface area contributed by atoms with E-state index in [9.17, 15) is 9.90 Å². The smallest absolute Gasteiger partial charge is 0.407 e. The quantitative estimate of drug-likeness (QED) is 0.864. The molecule has 1 aromatic carbocycles. The summed E-state index contributed by atoms with van der Waals surface area (Å²) in [6.45, 7) is 0.287. The zero-order valence-corrected chi connectivity index (χ0v) is 11.2. The third-order valence-electron chi connectivity index (χ3n) is 2.76. The first-order valence-electron chi connectivity index (χ1n) is 6.26. The van der Waals surface area contributed by atoms with Crippen LogP contribution in [-0.4, -0.2) is 27.5 Å². The summed E-state index contributed by atoms with van der Waals surface area (Å²) in [6, 6.07) is 9.40. The number of aliphatic hydroxyl groups is 1. The molecule has 2 aromatic rings. The van der Waals surface area contributed by atoms with Crippen molar-refractivity contribution in [1.29, 1.82) is 0 Å². The Morgan fingerprint density at radius 2 is 2.20 bits per heavy atom. The zero-order chi connectivity index (χ0) is 14.4. The van der Waals surface area contributed by atoms with Crippen molar-refractivity contribution in [3.05, 3.63) is 53.9 Å². The van der Waals surface area contributed by atoms with Crippen LogP contribution in [0, 0.1) is 0 Å². The summed E-state index contributed by atoms with van der Waals surface area (Å²) >= 11 is 0. The first-order valence-corrected chi connectivity index (χ1v) is 6.26. The molecule has 1 atom stereocenters. The lowest BCUT2D eigenvalue weighted by molar-refractivity contribution is 0.126. The Hall–Kier alpha value is -2.34. The van der Waals surface area contributed by atoms with E-state index < -0.39 is 12.2 Å². The van der Waals surface area contributed by atoms with Crippen LogP contribution in [0.5, 0.6) is 0 Å². The van der Waals surface area contributed by atoms with Gasteiger partial charge >= 0.3 is 6.09 Å². The van der Waals surface area contributed by atoms with Gasteiger partial charge in [0.05, 0.1) is 18.8 Å². The molecule has 2 N–H and O–H groups in total. The highest BCUT2D eigenvalue weighted by Gasteiger charge is 2.11. The molecule has 0 bridgehead atoms. The van der Waals surface area contributed by atoms with Gasteiger partial charge in [-0.3, -0.25) is 4.68 Å². The second kappa shape index (κ2) is 6.72. The average molecular weight is 275 g/mol. The molecule has 1 unspecified atom stereocenters. The minimum atomic E-state index is -0.798. The molecule has 0 aliphatic rings. The van der Waals surface area contributed by atoms with E-state index in [1.54, 1.807) is 24.1 Å². The Bertz CT molecular complexity index is 554. The van der Waals surface area contributed by atoms with Gasteiger partial charge in [-0.1, -0.05) is 30.3 Å². The number of hydrogen-bond donors (Lipinski definition) is 2. The lowest BCUT2D eigenvalue weighted by Gasteiger charge is -2.10. The second-order valence-corrected chi connectivity index (χ2v) is 4.41. The van der Waals surface area contributed by atoms with E-state index in [1.165, 1.54) is 0 Å². The van der Waals surface area contributed by atoms with E-state index in [0.717, 1.165) is 5.56 Å². The Balaban J connectivity index is 1.72. The lowest BCUT2D eigenvalue weighted by atomic mass is 10.2. The Kier molecular flexibility index (Phi) is 4.73. The number of carbonyl (C=O) groups excluding carboxylic acids is 1. The summed E-state index contributed by atoms with van der Waals surface area (Å²) in [6.07, 6.45) is 1.90. The number of hydrogen-bond acceptors (Lipinski definition) is 4. The van der Waals surface area contributed by atoms with Crippen molar-refractivity contribution in [3.63, 3.8) is 0 Å². The van der Waals surface area contributed by atoms with Crippen LogP contribution in [0.25, 0.3) is 0 Å². The topological polar surface area (TPSA) is 76.4 Å². The second-order valence-electron chi connectivity index (χ2n) is 4.41. The van der Waals surface area contributed by atoms with E-state index in [4.69, 9.17) is 4.74 Å². The van der Waals surface area contributed by atoms with Gasteiger partial charge < -0.3 is 15.2 Å². The maximum atomic E-state index is 11.5. The highest BCUT2D eigenvalue weighted by Crippen LogP contribution is 2.09. The number of alkyl carbamates (subject to hydrolysis) is 1. The molecule has 0 fully saturated rings. The molecule has 0 aliphatic carbocycles. The molecular weight excluding hydrogens is 258 g/mol. The lowest BCUT2D eigenvalue weighted by Crippen LogP contribution is -2.28. The maximum Gasteiger partial charge on any atom is 0.407 e. The maximum absolute atomic E-state index is 11.5. The normalized spacial score (nSPS) is 11.9. The number of benzene rings is 1. The van der Waals surface area contributed by atoms with Crippen LogP contribution < -0.4 is 5.32 Å². The van der Waals surface area contributed by atoms with Crippen molar-refractivity contribution >= 4 is 6.09 Å². The van der Waals surface area contributed by atoms with Gasteiger partial charge in [-0.25, -0.2) is 4.79 Å². The molecule has 0 radical (unpaired) electrons. The average Bonchev–Trinajstić information content (AvgIpc) is 2.90.